The first-order valence-corrected chi connectivity index (χ1v) is 7.41. The lowest BCUT2D eigenvalue weighted by Gasteiger charge is -2.12. The van der Waals surface area contributed by atoms with Crippen LogP contribution in [0.3, 0.4) is 0 Å². The van der Waals surface area contributed by atoms with Crippen molar-refractivity contribution in [1.29, 1.82) is 0 Å². The van der Waals surface area contributed by atoms with Crippen LogP contribution in [0.4, 0.5) is 5.69 Å². The van der Waals surface area contributed by atoms with Gasteiger partial charge in [0.1, 0.15) is 0 Å². The van der Waals surface area contributed by atoms with E-state index in [1.807, 2.05) is 6.92 Å². The van der Waals surface area contributed by atoms with Crippen molar-refractivity contribution < 1.29 is 13.5 Å². The van der Waals surface area contributed by atoms with Crippen molar-refractivity contribution in [2.45, 2.75) is 37.7 Å². The molecule has 0 aliphatic carbocycles. The normalized spacial score (nSPS) is 13.5. The topological polar surface area (TPSA) is 92.4 Å². The number of aliphatic hydroxyl groups is 1. The predicted molar refractivity (Wildman–Crippen MR) is 71.7 cm³/mol. The van der Waals surface area contributed by atoms with Crippen LogP contribution < -0.4 is 10.5 Å². The minimum atomic E-state index is -3.56. The Morgan fingerprint density at radius 2 is 2.11 bits per heavy atom. The van der Waals surface area contributed by atoms with Crippen LogP contribution >= 0.6 is 0 Å². The van der Waals surface area contributed by atoms with E-state index in [1.165, 1.54) is 6.07 Å². The third-order valence-electron chi connectivity index (χ3n) is 2.62. The zero-order valence-corrected chi connectivity index (χ0v) is 11.5. The summed E-state index contributed by atoms with van der Waals surface area (Å²) in [5.74, 6) is 0. The van der Waals surface area contributed by atoms with E-state index in [4.69, 9.17) is 10.8 Å². The Morgan fingerprint density at radius 1 is 1.44 bits per heavy atom. The summed E-state index contributed by atoms with van der Waals surface area (Å²) in [5.41, 5.74) is 6.77. The smallest absolute Gasteiger partial charge is 0.240 e. The fourth-order valence-corrected chi connectivity index (χ4v) is 2.98. The van der Waals surface area contributed by atoms with Crippen molar-refractivity contribution in [1.82, 2.24) is 4.72 Å². The van der Waals surface area contributed by atoms with Crippen LogP contribution in [0.2, 0.25) is 0 Å². The molecule has 0 radical (unpaired) electrons. The summed E-state index contributed by atoms with van der Waals surface area (Å²) in [6.45, 7) is 3.71. The van der Waals surface area contributed by atoms with Gasteiger partial charge >= 0.3 is 0 Å². The van der Waals surface area contributed by atoms with Crippen molar-refractivity contribution in [2.75, 3.05) is 12.3 Å². The maximum atomic E-state index is 12.1. The molecule has 6 heteroatoms. The highest BCUT2D eigenvalue weighted by molar-refractivity contribution is 7.89. The molecule has 0 saturated carbocycles. The number of aryl methyl sites for hydroxylation is 1. The van der Waals surface area contributed by atoms with Crippen molar-refractivity contribution >= 4 is 15.7 Å². The van der Waals surface area contributed by atoms with E-state index < -0.39 is 16.1 Å². The first-order chi connectivity index (χ1) is 8.36. The Hall–Kier alpha value is -1.11. The van der Waals surface area contributed by atoms with E-state index in [1.54, 1.807) is 19.1 Å². The predicted octanol–water partition coefficient (Wildman–Crippen LogP) is 0.880. The van der Waals surface area contributed by atoms with Gasteiger partial charge in [-0.05, 0) is 37.5 Å². The summed E-state index contributed by atoms with van der Waals surface area (Å²) in [6.07, 6.45) is 0.467. The molecule has 102 valence electrons. The molecule has 0 heterocycles. The van der Waals surface area contributed by atoms with Crippen molar-refractivity contribution in [3.05, 3.63) is 23.8 Å². The average molecular weight is 272 g/mol. The van der Waals surface area contributed by atoms with E-state index in [2.05, 4.69) is 4.72 Å². The third-order valence-corrected chi connectivity index (χ3v) is 4.16. The Balaban J connectivity index is 2.93. The highest BCUT2D eigenvalue weighted by Gasteiger charge is 2.17. The SMILES string of the molecule is CCc1ccc(N)cc1S(=O)(=O)NCCC(C)O. The van der Waals surface area contributed by atoms with E-state index >= 15 is 0 Å². The van der Waals surface area contributed by atoms with Gasteiger partial charge in [-0.3, -0.25) is 0 Å². The minimum Gasteiger partial charge on any atom is -0.399 e. The molecule has 18 heavy (non-hydrogen) atoms. The van der Waals surface area contributed by atoms with Crippen LogP contribution in [0, 0.1) is 0 Å². The van der Waals surface area contributed by atoms with Gasteiger partial charge < -0.3 is 10.8 Å². The fraction of sp³-hybridized carbons (Fsp3) is 0.500. The number of nitrogens with two attached hydrogens (primary N) is 1. The first kappa shape index (κ1) is 14.9. The molecule has 0 aromatic heterocycles. The van der Waals surface area contributed by atoms with Crippen LogP contribution in [0.15, 0.2) is 23.1 Å². The molecule has 0 saturated heterocycles. The maximum absolute atomic E-state index is 12.1. The average Bonchev–Trinajstić information content (AvgIpc) is 2.28. The number of hydrogen-bond donors (Lipinski definition) is 3. The molecule has 0 spiro atoms. The van der Waals surface area contributed by atoms with Gasteiger partial charge in [-0.25, -0.2) is 13.1 Å². The molecule has 0 fully saturated rings. The Morgan fingerprint density at radius 3 is 2.67 bits per heavy atom. The van der Waals surface area contributed by atoms with Gasteiger partial charge in [0.2, 0.25) is 10.0 Å². The molecule has 0 amide bonds. The monoisotopic (exact) mass is 272 g/mol. The molecular weight excluding hydrogens is 252 g/mol. The van der Waals surface area contributed by atoms with Crippen molar-refractivity contribution in [3.8, 4) is 0 Å². The van der Waals surface area contributed by atoms with Gasteiger partial charge in [0.05, 0.1) is 11.0 Å². The van der Waals surface area contributed by atoms with E-state index in [0.717, 1.165) is 5.56 Å². The molecule has 1 rings (SSSR count). The van der Waals surface area contributed by atoms with Gasteiger partial charge in [0.15, 0.2) is 0 Å². The number of anilines is 1. The molecule has 1 atom stereocenters. The molecule has 5 nitrogen and oxygen atoms in total. The van der Waals surface area contributed by atoms with Crippen LogP contribution in [0.25, 0.3) is 0 Å². The molecule has 0 bridgehead atoms. The van der Waals surface area contributed by atoms with Crippen LogP contribution in [-0.2, 0) is 16.4 Å². The second-order valence-electron chi connectivity index (χ2n) is 4.26. The molecule has 1 unspecified atom stereocenters. The number of sulfonamides is 1. The zero-order valence-electron chi connectivity index (χ0n) is 10.7. The van der Waals surface area contributed by atoms with Crippen molar-refractivity contribution in [3.63, 3.8) is 0 Å². The van der Waals surface area contributed by atoms with Gasteiger partial charge in [-0.15, -0.1) is 0 Å². The molecule has 1 aromatic carbocycles. The Bertz CT molecular complexity index is 498. The molecule has 1 aromatic rings. The Labute approximate surface area is 108 Å². The number of rotatable bonds is 6. The van der Waals surface area contributed by atoms with E-state index in [9.17, 15) is 8.42 Å². The molecule has 0 aliphatic heterocycles. The highest BCUT2D eigenvalue weighted by atomic mass is 32.2. The number of benzene rings is 1. The van der Waals surface area contributed by atoms with Crippen LogP contribution in [0.5, 0.6) is 0 Å². The summed E-state index contributed by atoms with van der Waals surface area (Å²) < 4.78 is 26.7. The number of hydrogen-bond acceptors (Lipinski definition) is 4. The summed E-state index contributed by atoms with van der Waals surface area (Å²) in [4.78, 5) is 0.218. The number of aliphatic hydroxyl groups excluding tert-OH is 1. The van der Waals surface area contributed by atoms with Crippen LogP contribution in [-0.4, -0.2) is 26.2 Å². The maximum Gasteiger partial charge on any atom is 0.240 e. The molecule has 0 aliphatic rings. The van der Waals surface area contributed by atoms with Gasteiger partial charge in [0.25, 0.3) is 0 Å². The summed E-state index contributed by atoms with van der Waals surface area (Å²) in [6, 6.07) is 4.87. The fourth-order valence-electron chi connectivity index (χ4n) is 1.59. The molecule has 4 N–H and O–H groups in total. The number of nitrogens with one attached hydrogen (secondary N) is 1. The lowest BCUT2D eigenvalue weighted by atomic mass is 10.1. The largest absolute Gasteiger partial charge is 0.399 e. The standard InChI is InChI=1S/C12H20N2O3S/c1-3-10-4-5-11(13)8-12(10)18(16,17)14-7-6-9(2)15/h4-5,8-9,14-15H,3,6-7,13H2,1-2H3. The third kappa shape index (κ3) is 3.97. The highest BCUT2D eigenvalue weighted by Crippen LogP contribution is 2.19. The van der Waals surface area contributed by atoms with E-state index in [-0.39, 0.29) is 11.4 Å². The lowest BCUT2D eigenvalue weighted by Crippen LogP contribution is -2.27. The second-order valence-corrected chi connectivity index (χ2v) is 5.99. The first-order valence-electron chi connectivity index (χ1n) is 5.93. The quantitative estimate of drug-likeness (QED) is 0.670. The van der Waals surface area contributed by atoms with Crippen molar-refractivity contribution in [2.24, 2.45) is 0 Å². The minimum absolute atomic E-state index is 0.206. The molecular formula is C12H20N2O3S. The second kappa shape index (κ2) is 6.17. The number of nitrogen functional groups attached to an aromatic ring is 1. The lowest BCUT2D eigenvalue weighted by molar-refractivity contribution is 0.186. The zero-order chi connectivity index (χ0) is 13.8. The van der Waals surface area contributed by atoms with Gasteiger partial charge in [-0.2, -0.15) is 0 Å². The van der Waals surface area contributed by atoms with E-state index in [0.29, 0.717) is 18.5 Å². The summed E-state index contributed by atoms with van der Waals surface area (Å²) >= 11 is 0. The van der Waals surface area contributed by atoms with Gasteiger partial charge in [-0.1, -0.05) is 13.0 Å². The van der Waals surface area contributed by atoms with Gasteiger partial charge in [0, 0.05) is 12.2 Å². The Kier molecular flexibility index (Phi) is 5.13. The summed E-state index contributed by atoms with van der Waals surface area (Å²) in [7, 11) is -3.56. The summed E-state index contributed by atoms with van der Waals surface area (Å²) in [5, 5.41) is 9.11. The van der Waals surface area contributed by atoms with Crippen LogP contribution in [0.1, 0.15) is 25.8 Å².